The van der Waals surface area contributed by atoms with Crippen LogP contribution in [0.3, 0.4) is 0 Å². The first kappa shape index (κ1) is 14.7. The van der Waals surface area contributed by atoms with Crippen molar-refractivity contribution in [2.45, 2.75) is 25.3 Å². The molecule has 0 spiro atoms. The second kappa shape index (κ2) is 6.31. The van der Waals surface area contributed by atoms with E-state index in [9.17, 15) is 4.79 Å². The molecule has 3 aromatic rings. The van der Waals surface area contributed by atoms with Crippen molar-refractivity contribution in [3.63, 3.8) is 0 Å². The number of hydrogen-bond donors (Lipinski definition) is 3. The molecule has 122 valence electrons. The number of amides is 1. The van der Waals surface area contributed by atoms with Gasteiger partial charge in [-0.3, -0.25) is 4.79 Å². The summed E-state index contributed by atoms with van der Waals surface area (Å²) in [5, 5.41) is 7.40. The fourth-order valence-corrected chi connectivity index (χ4v) is 2.74. The van der Waals surface area contributed by atoms with Gasteiger partial charge in [0.05, 0.1) is 0 Å². The van der Waals surface area contributed by atoms with E-state index in [1.165, 1.54) is 17.3 Å². The molecular weight excluding hydrogens is 302 g/mol. The lowest BCUT2D eigenvalue weighted by Crippen LogP contribution is -2.26. The minimum atomic E-state index is -0.170. The molecule has 3 N–H and O–H groups in total. The Labute approximate surface area is 139 Å². The highest BCUT2D eigenvalue weighted by atomic mass is 16.1. The Bertz CT molecular complexity index is 868. The molecule has 2 aromatic heterocycles. The van der Waals surface area contributed by atoms with Gasteiger partial charge in [0.25, 0.3) is 5.91 Å². The van der Waals surface area contributed by atoms with Crippen molar-refractivity contribution in [3.05, 3.63) is 54.1 Å². The highest BCUT2D eigenvalue weighted by Crippen LogP contribution is 2.23. The molecule has 1 aliphatic carbocycles. The molecule has 4 rings (SSSR count). The van der Waals surface area contributed by atoms with E-state index in [1.807, 2.05) is 24.4 Å². The van der Waals surface area contributed by atoms with Gasteiger partial charge in [-0.1, -0.05) is 18.2 Å². The molecule has 0 saturated heterocycles. The van der Waals surface area contributed by atoms with E-state index < -0.39 is 0 Å². The Morgan fingerprint density at radius 3 is 3.00 bits per heavy atom. The van der Waals surface area contributed by atoms with Gasteiger partial charge in [-0.15, -0.1) is 0 Å². The van der Waals surface area contributed by atoms with Crippen LogP contribution in [0.4, 0.5) is 5.82 Å². The molecule has 1 saturated carbocycles. The van der Waals surface area contributed by atoms with Crippen molar-refractivity contribution in [1.82, 2.24) is 20.3 Å². The highest BCUT2D eigenvalue weighted by Gasteiger charge is 2.21. The maximum absolute atomic E-state index is 12.3. The van der Waals surface area contributed by atoms with Crippen LogP contribution >= 0.6 is 0 Å². The van der Waals surface area contributed by atoms with Crippen molar-refractivity contribution in [3.8, 4) is 0 Å². The topological polar surface area (TPSA) is 82.7 Å². The van der Waals surface area contributed by atoms with Crippen LogP contribution in [-0.2, 0) is 6.42 Å². The molecule has 1 aliphatic rings. The quantitative estimate of drug-likeness (QED) is 0.651. The van der Waals surface area contributed by atoms with Crippen molar-refractivity contribution < 1.29 is 4.79 Å². The number of carbonyl (C=O) groups excluding carboxylic acids is 1. The zero-order chi connectivity index (χ0) is 16.4. The first-order valence-corrected chi connectivity index (χ1v) is 8.21. The predicted molar refractivity (Wildman–Crippen MR) is 93.0 cm³/mol. The standard InChI is InChI=1S/C18H19N5O/c24-18(16-9-17(22-11-21-16)23-13-5-6-13)19-8-7-12-10-20-15-4-2-1-3-14(12)15/h1-4,9-11,13,20H,5-8H2,(H,19,24)(H,21,22,23). The molecule has 6 heteroatoms. The van der Waals surface area contributed by atoms with E-state index in [-0.39, 0.29) is 5.91 Å². The summed E-state index contributed by atoms with van der Waals surface area (Å²) in [6.45, 7) is 0.566. The van der Waals surface area contributed by atoms with Crippen LogP contribution in [0.5, 0.6) is 0 Å². The monoisotopic (exact) mass is 321 g/mol. The van der Waals surface area contributed by atoms with Gasteiger partial charge in [-0.25, -0.2) is 9.97 Å². The number of nitrogens with zero attached hydrogens (tertiary/aromatic N) is 2. The molecule has 6 nitrogen and oxygen atoms in total. The second-order valence-corrected chi connectivity index (χ2v) is 6.07. The molecule has 0 atom stereocenters. The summed E-state index contributed by atoms with van der Waals surface area (Å²) < 4.78 is 0. The van der Waals surface area contributed by atoms with Crippen LogP contribution in [0.2, 0.25) is 0 Å². The van der Waals surface area contributed by atoms with E-state index in [4.69, 9.17) is 0 Å². The van der Waals surface area contributed by atoms with Crippen molar-refractivity contribution in [1.29, 1.82) is 0 Å². The third-order valence-electron chi connectivity index (χ3n) is 4.18. The number of hydrogen-bond acceptors (Lipinski definition) is 4. The summed E-state index contributed by atoms with van der Waals surface area (Å²) in [5.41, 5.74) is 2.71. The summed E-state index contributed by atoms with van der Waals surface area (Å²) in [4.78, 5) is 23.7. The largest absolute Gasteiger partial charge is 0.367 e. The zero-order valence-electron chi connectivity index (χ0n) is 13.2. The molecule has 0 radical (unpaired) electrons. The minimum absolute atomic E-state index is 0.170. The predicted octanol–water partition coefficient (Wildman–Crippen LogP) is 2.50. The zero-order valence-corrected chi connectivity index (χ0v) is 13.2. The van der Waals surface area contributed by atoms with Crippen LogP contribution in [0.25, 0.3) is 10.9 Å². The average Bonchev–Trinajstić information content (AvgIpc) is 3.33. The average molecular weight is 321 g/mol. The molecular formula is C18H19N5O. The fraction of sp³-hybridized carbons (Fsp3) is 0.278. The molecule has 1 amide bonds. The molecule has 2 heterocycles. The summed E-state index contributed by atoms with van der Waals surface area (Å²) in [6.07, 6.45) is 6.53. The lowest BCUT2D eigenvalue weighted by atomic mass is 10.1. The smallest absolute Gasteiger partial charge is 0.270 e. The van der Waals surface area contributed by atoms with Gasteiger partial charge in [0.1, 0.15) is 17.8 Å². The van der Waals surface area contributed by atoms with Gasteiger partial charge in [0.2, 0.25) is 0 Å². The number of anilines is 1. The third kappa shape index (κ3) is 3.22. The third-order valence-corrected chi connectivity index (χ3v) is 4.18. The number of rotatable bonds is 6. The number of H-pyrrole nitrogens is 1. The van der Waals surface area contributed by atoms with Crippen molar-refractivity contribution in [2.75, 3.05) is 11.9 Å². The molecule has 1 fully saturated rings. The van der Waals surface area contributed by atoms with Crippen LogP contribution in [-0.4, -0.2) is 33.4 Å². The van der Waals surface area contributed by atoms with Crippen LogP contribution in [0.15, 0.2) is 42.9 Å². The van der Waals surface area contributed by atoms with Gasteiger partial charge in [0.15, 0.2) is 0 Å². The van der Waals surface area contributed by atoms with E-state index in [1.54, 1.807) is 6.07 Å². The Kier molecular flexibility index (Phi) is 3.86. The summed E-state index contributed by atoms with van der Waals surface area (Å²) in [6, 6.07) is 10.4. The van der Waals surface area contributed by atoms with Gasteiger partial charge < -0.3 is 15.6 Å². The van der Waals surface area contributed by atoms with Crippen molar-refractivity contribution in [2.24, 2.45) is 0 Å². The molecule has 1 aromatic carbocycles. The lowest BCUT2D eigenvalue weighted by Gasteiger charge is -2.06. The number of aromatic nitrogens is 3. The first-order valence-electron chi connectivity index (χ1n) is 8.21. The second-order valence-electron chi connectivity index (χ2n) is 6.07. The maximum atomic E-state index is 12.3. The Hall–Kier alpha value is -2.89. The first-order chi connectivity index (χ1) is 11.8. The van der Waals surface area contributed by atoms with Crippen LogP contribution in [0.1, 0.15) is 28.9 Å². The van der Waals surface area contributed by atoms with Crippen LogP contribution < -0.4 is 10.6 Å². The molecule has 0 aliphatic heterocycles. The van der Waals surface area contributed by atoms with Gasteiger partial charge in [0, 0.05) is 35.8 Å². The SMILES string of the molecule is O=C(NCCc1c[nH]c2ccccc12)c1cc(NC2CC2)ncn1. The Balaban J connectivity index is 1.36. The number of para-hydroxylation sites is 1. The highest BCUT2D eigenvalue weighted by molar-refractivity contribution is 5.92. The van der Waals surface area contributed by atoms with Gasteiger partial charge in [-0.2, -0.15) is 0 Å². The Morgan fingerprint density at radius 2 is 2.12 bits per heavy atom. The number of benzene rings is 1. The van der Waals surface area contributed by atoms with Gasteiger partial charge >= 0.3 is 0 Å². The number of fused-ring (bicyclic) bond motifs is 1. The van der Waals surface area contributed by atoms with Gasteiger partial charge in [-0.05, 0) is 30.9 Å². The summed E-state index contributed by atoms with van der Waals surface area (Å²) in [7, 11) is 0. The van der Waals surface area contributed by atoms with Crippen molar-refractivity contribution >= 4 is 22.6 Å². The van der Waals surface area contributed by atoms with E-state index in [0.717, 1.165) is 24.8 Å². The molecule has 0 unspecified atom stereocenters. The van der Waals surface area contributed by atoms with E-state index in [2.05, 4.69) is 31.7 Å². The summed E-state index contributed by atoms with van der Waals surface area (Å²) >= 11 is 0. The maximum Gasteiger partial charge on any atom is 0.270 e. The van der Waals surface area contributed by atoms with E-state index >= 15 is 0 Å². The molecule has 0 bridgehead atoms. The number of nitrogens with one attached hydrogen (secondary N) is 3. The lowest BCUT2D eigenvalue weighted by molar-refractivity contribution is 0.0949. The van der Waals surface area contributed by atoms with Crippen LogP contribution in [0, 0.1) is 0 Å². The Morgan fingerprint density at radius 1 is 1.25 bits per heavy atom. The van der Waals surface area contributed by atoms with E-state index in [0.29, 0.717) is 24.1 Å². The number of carbonyl (C=O) groups is 1. The number of aromatic amines is 1. The summed E-state index contributed by atoms with van der Waals surface area (Å²) in [5.74, 6) is 0.547. The molecule has 24 heavy (non-hydrogen) atoms. The fourth-order valence-electron chi connectivity index (χ4n) is 2.74. The normalized spacial score (nSPS) is 13.8. The minimum Gasteiger partial charge on any atom is -0.367 e.